The highest BCUT2D eigenvalue weighted by atomic mass is 35.5. The van der Waals surface area contributed by atoms with E-state index in [1.165, 1.54) is 0 Å². The summed E-state index contributed by atoms with van der Waals surface area (Å²) in [5.74, 6) is 0.524. The molecule has 0 N–H and O–H groups in total. The van der Waals surface area contributed by atoms with E-state index in [-0.39, 0.29) is 12.5 Å². The summed E-state index contributed by atoms with van der Waals surface area (Å²) in [5.41, 5.74) is 2.13. The van der Waals surface area contributed by atoms with Crippen LogP contribution in [0, 0.1) is 6.92 Å². The monoisotopic (exact) mass is 378 g/mol. The number of halogens is 2. The van der Waals surface area contributed by atoms with Crippen molar-refractivity contribution in [2.75, 3.05) is 37.7 Å². The molecule has 1 saturated heterocycles. The number of rotatable bonds is 4. The maximum atomic E-state index is 12.4. The predicted octanol–water partition coefficient (Wildman–Crippen LogP) is 4.03. The van der Waals surface area contributed by atoms with E-state index in [1.54, 1.807) is 6.07 Å². The summed E-state index contributed by atoms with van der Waals surface area (Å²) in [6.07, 6.45) is 0. The lowest BCUT2D eigenvalue weighted by atomic mass is 10.2. The highest BCUT2D eigenvalue weighted by molar-refractivity contribution is 6.32. The van der Waals surface area contributed by atoms with Crippen LogP contribution in [0.2, 0.25) is 10.0 Å². The average molecular weight is 379 g/mol. The van der Waals surface area contributed by atoms with E-state index in [9.17, 15) is 4.79 Å². The van der Waals surface area contributed by atoms with Crippen molar-refractivity contribution in [3.63, 3.8) is 0 Å². The molecule has 6 heteroatoms. The van der Waals surface area contributed by atoms with Gasteiger partial charge in [-0.25, -0.2) is 0 Å². The summed E-state index contributed by atoms with van der Waals surface area (Å²) in [5, 5.41) is 1.24. The second kappa shape index (κ2) is 7.98. The molecule has 1 aliphatic rings. The number of hydrogen-bond acceptors (Lipinski definition) is 3. The summed E-state index contributed by atoms with van der Waals surface area (Å²) in [6.45, 7) is 4.83. The number of carbonyl (C=O) groups is 1. The fourth-order valence-electron chi connectivity index (χ4n) is 2.84. The first-order valence-electron chi connectivity index (χ1n) is 8.20. The minimum atomic E-state index is -0.0247. The standard InChI is InChI=1S/C19H20Cl2N2O2/c1-14-5-6-17(21)18(11-14)25-13-19(24)23-9-7-22(8-10-23)16-4-2-3-15(20)12-16/h2-6,11-12H,7-10,13H2,1H3. The van der Waals surface area contributed by atoms with Crippen LogP contribution in [0.15, 0.2) is 42.5 Å². The third kappa shape index (κ3) is 4.59. The highest BCUT2D eigenvalue weighted by Crippen LogP contribution is 2.25. The maximum Gasteiger partial charge on any atom is 0.260 e. The Morgan fingerprint density at radius 3 is 2.56 bits per heavy atom. The van der Waals surface area contributed by atoms with Crippen molar-refractivity contribution >= 4 is 34.8 Å². The molecule has 1 amide bonds. The van der Waals surface area contributed by atoms with Gasteiger partial charge in [-0.1, -0.05) is 35.3 Å². The molecular weight excluding hydrogens is 359 g/mol. The zero-order valence-electron chi connectivity index (χ0n) is 14.0. The molecule has 1 fully saturated rings. The largest absolute Gasteiger partial charge is 0.482 e. The molecular formula is C19H20Cl2N2O2. The van der Waals surface area contributed by atoms with Gasteiger partial charge in [-0.2, -0.15) is 0 Å². The Bertz CT molecular complexity index is 759. The molecule has 0 aromatic heterocycles. The minimum absolute atomic E-state index is 0.000336. The molecule has 25 heavy (non-hydrogen) atoms. The molecule has 0 aliphatic carbocycles. The molecule has 0 unspecified atom stereocenters. The maximum absolute atomic E-state index is 12.4. The molecule has 0 saturated carbocycles. The van der Waals surface area contributed by atoms with Crippen molar-refractivity contribution in [1.29, 1.82) is 0 Å². The van der Waals surface area contributed by atoms with Crippen molar-refractivity contribution in [3.05, 3.63) is 58.1 Å². The normalized spacial score (nSPS) is 14.5. The second-order valence-corrected chi connectivity index (χ2v) is 6.91. The second-order valence-electron chi connectivity index (χ2n) is 6.07. The average Bonchev–Trinajstić information content (AvgIpc) is 2.62. The summed E-state index contributed by atoms with van der Waals surface area (Å²) >= 11 is 12.1. The topological polar surface area (TPSA) is 32.8 Å². The fraction of sp³-hybridized carbons (Fsp3) is 0.316. The van der Waals surface area contributed by atoms with Gasteiger partial charge < -0.3 is 14.5 Å². The van der Waals surface area contributed by atoms with Gasteiger partial charge in [-0.05, 0) is 42.8 Å². The SMILES string of the molecule is Cc1ccc(Cl)c(OCC(=O)N2CCN(c3cccc(Cl)c3)CC2)c1. The van der Waals surface area contributed by atoms with E-state index in [0.717, 1.165) is 29.4 Å². The van der Waals surface area contributed by atoms with Crippen molar-refractivity contribution in [2.24, 2.45) is 0 Å². The van der Waals surface area contributed by atoms with Gasteiger partial charge in [-0.15, -0.1) is 0 Å². The predicted molar refractivity (Wildman–Crippen MR) is 102 cm³/mol. The Hall–Kier alpha value is -1.91. The van der Waals surface area contributed by atoms with Crippen LogP contribution in [0.5, 0.6) is 5.75 Å². The number of benzene rings is 2. The van der Waals surface area contributed by atoms with Gasteiger partial charge in [0.1, 0.15) is 5.75 Å². The van der Waals surface area contributed by atoms with E-state index in [1.807, 2.05) is 48.2 Å². The van der Waals surface area contributed by atoms with Crippen LogP contribution in [0.4, 0.5) is 5.69 Å². The van der Waals surface area contributed by atoms with E-state index in [2.05, 4.69) is 4.90 Å². The highest BCUT2D eigenvalue weighted by Gasteiger charge is 2.22. The molecule has 132 valence electrons. The molecule has 2 aromatic carbocycles. The van der Waals surface area contributed by atoms with Crippen LogP contribution in [0.1, 0.15) is 5.56 Å². The van der Waals surface area contributed by atoms with Crippen molar-refractivity contribution < 1.29 is 9.53 Å². The zero-order valence-corrected chi connectivity index (χ0v) is 15.6. The summed E-state index contributed by atoms with van der Waals surface area (Å²) in [6, 6.07) is 13.3. The molecule has 3 rings (SSSR count). The van der Waals surface area contributed by atoms with E-state index < -0.39 is 0 Å². The molecule has 0 bridgehead atoms. The first-order chi connectivity index (χ1) is 12.0. The summed E-state index contributed by atoms with van der Waals surface area (Å²) in [7, 11) is 0. The van der Waals surface area contributed by atoms with Gasteiger partial charge in [0.15, 0.2) is 6.61 Å². The number of nitrogens with zero attached hydrogens (tertiary/aromatic N) is 2. The lowest BCUT2D eigenvalue weighted by molar-refractivity contribution is -0.133. The van der Waals surface area contributed by atoms with Gasteiger partial charge in [0.05, 0.1) is 5.02 Å². The Balaban J connectivity index is 1.52. The number of ether oxygens (including phenoxy) is 1. The summed E-state index contributed by atoms with van der Waals surface area (Å²) < 4.78 is 5.61. The lowest BCUT2D eigenvalue weighted by Crippen LogP contribution is -2.50. The zero-order chi connectivity index (χ0) is 17.8. The number of anilines is 1. The lowest BCUT2D eigenvalue weighted by Gasteiger charge is -2.36. The van der Waals surface area contributed by atoms with Crippen LogP contribution in [0.25, 0.3) is 0 Å². The number of hydrogen-bond donors (Lipinski definition) is 0. The van der Waals surface area contributed by atoms with Crippen molar-refractivity contribution in [1.82, 2.24) is 4.90 Å². The van der Waals surface area contributed by atoms with E-state index in [0.29, 0.717) is 23.9 Å². The van der Waals surface area contributed by atoms with Gasteiger partial charge in [0.25, 0.3) is 5.91 Å². The molecule has 0 spiro atoms. The quantitative estimate of drug-likeness (QED) is 0.804. The third-order valence-corrected chi connectivity index (χ3v) is 4.79. The van der Waals surface area contributed by atoms with Gasteiger partial charge in [-0.3, -0.25) is 4.79 Å². The van der Waals surface area contributed by atoms with Gasteiger partial charge in [0.2, 0.25) is 0 Å². The van der Waals surface area contributed by atoms with Crippen LogP contribution in [-0.2, 0) is 4.79 Å². The summed E-state index contributed by atoms with van der Waals surface area (Å²) in [4.78, 5) is 16.4. The molecule has 0 radical (unpaired) electrons. The fourth-order valence-corrected chi connectivity index (χ4v) is 3.20. The first kappa shape index (κ1) is 17.9. The molecule has 2 aromatic rings. The van der Waals surface area contributed by atoms with Crippen LogP contribution < -0.4 is 9.64 Å². The van der Waals surface area contributed by atoms with Gasteiger partial charge >= 0.3 is 0 Å². The molecule has 0 atom stereocenters. The molecule has 4 nitrogen and oxygen atoms in total. The number of aryl methyl sites for hydroxylation is 1. The Kier molecular flexibility index (Phi) is 5.71. The van der Waals surface area contributed by atoms with E-state index in [4.69, 9.17) is 27.9 Å². The minimum Gasteiger partial charge on any atom is -0.482 e. The van der Waals surface area contributed by atoms with Crippen molar-refractivity contribution in [2.45, 2.75) is 6.92 Å². The Morgan fingerprint density at radius 2 is 1.84 bits per heavy atom. The smallest absolute Gasteiger partial charge is 0.260 e. The van der Waals surface area contributed by atoms with E-state index >= 15 is 0 Å². The van der Waals surface area contributed by atoms with Crippen LogP contribution in [0.3, 0.4) is 0 Å². The Labute approximate surface area is 157 Å². The van der Waals surface area contributed by atoms with Crippen molar-refractivity contribution in [3.8, 4) is 5.75 Å². The van der Waals surface area contributed by atoms with Crippen LogP contribution in [-0.4, -0.2) is 43.6 Å². The molecule has 1 aliphatic heterocycles. The Morgan fingerprint density at radius 1 is 1.08 bits per heavy atom. The number of piperazine rings is 1. The third-order valence-electron chi connectivity index (χ3n) is 4.24. The molecule has 1 heterocycles. The number of carbonyl (C=O) groups excluding carboxylic acids is 1. The van der Waals surface area contributed by atoms with Crippen LogP contribution >= 0.6 is 23.2 Å². The van der Waals surface area contributed by atoms with Gasteiger partial charge in [0, 0.05) is 36.9 Å². The first-order valence-corrected chi connectivity index (χ1v) is 8.96. The number of amides is 1.